The Balaban J connectivity index is 1.51. The van der Waals surface area contributed by atoms with Crippen LogP contribution in [-0.2, 0) is 4.79 Å². The van der Waals surface area contributed by atoms with E-state index in [1.54, 1.807) is 0 Å². The third-order valence-electron chi connectivity index (χ3n) is 6.59. The van der Waals surface area contributed by atoms with E-state index in [1.807, 2.05) is 11.8 Å². The van der Waals surface area contributed by atoms with Gasteiger partial charge in [-0.1, -0.05) is 12.8 Å². The maximum Gasteiger partial charge on any atom is 0.223 e. The molecule has 5 heteroatoms. The summed E-state index contributed by atoms with van der Waals surface area (Å²) in [5, 5.41) is 10.8. The van der Waals surface area contributed by atoms with Gasteiger partial charge in [-0.2, -0.15) is 0 Å². The van der Waals surface area contributed by atoms with E-state index >= 15 is 0 Å². The van der Waals surface area contributed by atoms with Crippen molar-refractivity contribution >= 4 is 5.91 Å². The van der Waals surface area contributed by atoms with Crippen LogP contribution in [0, 0.1) is 5.92 Å². The molecule has 1 N–H and O–H groups in total. The molecule has 0 unspecified atom stereocenters. The maximum atomic E-state index is 12.5. The first-order chi connectivity index (χ1) is 11.5. The number of amides is 1. The molecule has 0 bridgehead atoms. The maximum absolute atomic E-state index is 12.5. The van der Waals surface area contributed by atoms with Gasteiger partial charge in [-0.3, -0.25) is 9.69 Å². The van der Waals surface area contributed by atoms with Crippen LogP contribution in [0.4, 0.5) is 0 Å². The first-order valence-electron chi connectivity index (χ1n) is 9.90. The number of piperazine rings is 1. The van der Waals surface area contributed by atoms with Crippen molar-refractivity contribution < 1.29 is 9.90 Å². The van der Waals surface area contributed by atoms with E-state index in [1.165, 1.54) is 19.3 Å². The molecule has 1 saturated carbocycles. The van der Waals surface area contributed by atoms with Gasteiger partial charge < -0.3 is 14.9 Å². The lowest BCUT2D eigenvalue weighted by Gasteiger charge is -2.43. The second kappa shape index (κ2) is 7.71. The fourth-order valence-corrected chi connectivity index (χ4v) is 4.99. The van der Waals surface area contributed by atoms with Crippen molar-refractivity contribution in [2.45, 2.75) is 63.5 Å². The highest BCUT2D eigenvalue weighted by Crippen LogP contribution is 2.40. The Morgan fingerprint density at radius 1 is 1.08 bits per heavy atom. The van der Waals surface area contributed by atoms with Crippen LogP contribution in [0.1, 0.15) is 51.9 Å². The Morgan fingerprint density at radius 3 is 2.54 bits per heavy atom. The van der Waals surface area contributed by atoms with Crippen LogP contribution in [0.3, 0.4) is 0 Å². The zero-order chi connectivity index (χ0) is 17.2. The predicted molar refractivity (Wildman–Crippen MR) is 95.9 cm³/mol. The van der Waals surface area contributed by atoms with E-state index in [4.69, 9.17) is 0 Å². The lowest BCUT2D eigenvalue weighted by molar-refractivity contribution is -0.133. The number of rotatable bonds is 4. The molecule has 3 fully saturated rings. The second-order valence-corrected chi connectivity index (χ2v) is 8.39. The predicted octanol–water partition coefficient (Wildman–Crippen LogP) is 1.56. The van der Waals surface area contributed by atoms with Crippen molar-refractivity contribution in [2.24, 2.45) is 5.92 Å². The summed E-state index contributed by atoms with van der Waals surface area (Å²) in [6.07, 6.45) is 7.49. The molecule has 3 atom stereocenters. The molecule has 3 aliphatic rings. The van der Waals surface area contributed by atoms with Gasteiger partial charge >= 0.3 is 0 Å². The van der Waals surface area contributed by atoms with Gasteiger partial charge in [0.1, 0.15) is 0 Å². The van der Waals surface area contributed by atoms with Crippen molar-refractivity contribution in [1.82, 2.24) is 14.7 Å². The van der Waals surface area contributed by atoms with Gasteiger partial charge in [-0.05, 0) is 46.2 Å². The van der Waals surface area contributed by atoms with Gasteiger partial charge in [-0.15, -0.1) is 0 Å². The minimum Gasteiger partial charge on any atom is -0.390 e. The van der Waals surface area contributed by atoms with Crippen molar-refractivity contribution in [3.8, 4) is 0 Å². The van der Waals surface area contributed by atoms with Crippen LogP contribution in [0.25, 0.3) is 0 Å². The molecule has 5 nitrogen and oxygen atoms in total. The van der Waals surface area contributed by atoms with Crippen molar-refractivity contribution in [2.75, 3.05) is 46.3 Å². The molecule has 1 aliphatic carbocycles. The molecule has 2 saturated heterocycles. The number of hydrogen-bond donors (Lipinski definition) is 1. The first-order valence-corrected chi connectivity index (χ1v) is 9.90. The zero-order valence-electron chi connectivity index (χ0n) is 15.5. The Hall–Kier alpha value is -0.650. The molecule has 0 aromatic carbocycles. The van der Waals surface area contributed by atoms with Crippen LogP contribution < -0.4 is 0 Å². The van der Waals surface area contributed by atoms with E-state index in [0.717, 1.165) is 58.5 Å². The summed E-state index contributed by atoms with van der Waals surface area (Å²) in [5.74, 6) is 0.691. The van der Waals surface area contributed by atoms with Crippen molar-refractivity contribution in [3.05, 3.63) is 0 Å². The van der Waals surface area contributed by atoms with Gasteiger partial charge in [0.25, 0.3) is 0 Å². The van der Waals surface area contributed by atoms with E-state index in [0.29, 0.717) is 24.3 Å². The summed E-state index contributed by atoms with van der Waals surface area (Å²) >= 11 is 0. The van der Waals surface area contributed by atoms with Crippen LogP contribution in [0.5, 0.6) is 0 Å². The van der Waals surface area contributed by atoms with E-state index in [9.17, 15) is 9.90 Å². The Morgan fingerprint density at radius 2 is 1.83 bits per heavy atom. The van der Waals surface area contributed by atoms with Gasteiger partial charge in [-0.25, -0.2) is 0 Å². The molecule has 0 aromatic heterocycles. The number of nitrogens with zero attached hydrogens (tertiary/aromatic N) is 3. The summed E-state index contributed by atoms with van der Waals surface area (Å²) in [5.41, 5.74) is -0.521. The molecule has 2 heterocycles. The van der Waals surface area contributed by atoms with Crippen LogP contribution >= 0.6 is 0 Å². The minimum atomic E-state index is -0.521. The second-order valence-electron chi connectivity index (χ2n) is 8.39. The third kappa shape index (κ3) is 4.12. The molecular formula is C19H35N3O2. The summed E-state index contributed by atoms with van der Waals surface area (Å²) in [6.45, 7) is 7.70. The van der Waals surface area contributed by atoms with Crippen LogP contribution in [0.2, 0.25) is 0 Å². The number of likely N-dealkylation sites (tertiary alicyclic amines) is 1. The summed E-state index contributed by atoms with van der Waals surface area (Å²) in [4.78, 5) is 19.3. The SMILES string of the molecule is CN1CCN(C(=O)CCN2CCC[C@@H]2[C@H]2CCCC[C@]2(C)O)CC1. The molecule has 1 amide bonds. The molecular weight excluding hydrogens is 302 g/mol. The van der Waals surface area contributed by atoms with Gasteiger partial charge in [0, 0.05) is 51.1 Å². The summed E-state index contributed by atoms with van der Waals surface area (Å²) in [7, 11) is 2.12. The van der Waals surface area contributed by atoms with Crippen LogP contribution in [0.15, 0.2) is 0 Å². The third-order valence-corrected chi connectivity index (χ3v) is 6.59. The minimum absolute atomic E-state index is 0.309. The van der Waals surface area contributed by atoms with Crippen LogP contribution in [-0.4, -0.2) is 83.7 Å². The average Bonchev–Trinajstić information content (AvgIpc) is 3.01. The molecule has 2 aliphatic heterocycles. The number of aliphatic hydroxyl groups is 1. The molecule has 0 aromatic rings. The number of hydrogen-bond acceptors (Lipinski definition) is 4. The normalized spacial score (nSPS) is 36.2. The summed E-state index contributed by atoms with van der Waals surface area (Å²) < 4.78 is 0. The standard InChI is InChI=1S/C19H35N3O2/c1-19(24)9-4-3-6-16(19)17-7-5-10-21(17)11-8-18(23)22-14-12-20(2)13-15-22/h16-17,24H,3-15H2,1-2H3/t16-,17-,19+/m1/s1. The quantitative estimate of drug-likeness (QED) is 0.846. The Labute approximate surface area is 147 Å². The highest BCUT2D eigenvalue weighted by atomic mass is 16.3. The number of likely N-dealkylation sites (N-methyl/N-ethyl adjacent to an activating group) is 1. The largest absolute Gasteiger partial charge is 0.390 e. The summed E-state index contributed by atoms with van der Waals surface area (Å²) in [6, 6.07) is 0.473. The molecule has 0 radical (unpaired) electrons. The Bertz CT molecular complexity index is 432. The molecule has 3 rings (SSSR count). The fourth-order valence-electron chi connectivity index (χ4n) is 4.99. The number of carbonyl (C=O) groups excluding carboxylic acids is 1. The van der Waals surface area contributed by atoms with Gasteiger partial charge in [0.05, 0.1) is 5.60 Å². The lowest BCUT2D eigenvalue weighted by Crippen LogP contribution is -2.50. The topological polar surface area (TPSA) is 47.0 Å². The first kappa shape index (κ1) is 18.2. The highest BCUT2D eigenvalue weighted by molar-refractivity contribution is 5.76. The van der Waals surface area contributed by atoms with E-state index in [-0.39, 0.29) is 0 Å². The van der Waals surface area contributed by atoms with E-state index < -0.39 is 5.60 Å². The van der Waals surface area contributed by atoms with Gasteiger partial charge in [0.15, 0.2) is 0 Å². The fraction of sp³-hybridized carbons (Fsp3) is 0.947. The lowest BCUT2D eigenvalue weighted by atomic mass is 9.72. The number of carbonyl (C=O) groups is 1. The molecule has 0 spiro atoms. The van der Waals surface area contributed by atoms with Crippen molar-refractivity contribution in [1.29, 1.82) is 0 Å². The van der Waals surface area contributed by atoms with E-state index in [2.05, 4.69) is 16.8 Å². The van der Waals surface area contributed by atoms with Gasteiger partial charge in [0.2, 0.25) is 5.91 Å². The monoisotopic (exact) mass is 337 g/mol. The Kier molecular flexibility index (Phi) is 5.83. The molecule has 24 heavy (non-hydrogen) atoms. The zero-order valence-corrected chi connectivity index (χ0v) is 15.5. The highest BCUT2D eigenvalue weighted by Gasteiger charge is 2.43. The average molecular weight is 338 g/mol. The molecule has 138 valence electrons. The van der Waals surface area contributed by atoms with Crippen molar-refractivity contribution in [3.63, 3.8) is 0 Å². The smallest absolute Gasteiger partial charge is 0.223 e.